The van der Waals surface area contributed by atoms with Gasteiger partial charge in [0.15, 0.2) is 0 Å². The topological polar surface area (TPSA) is 6.48 Å². The zero-order valence-electron chi connectivity index (χ0n) is 31.1. The van der Waals surface area contributed by atoms with Gasteiger partial charge in [-0.1, -0.05) is 171 Å². The van der Waals surface area contributed by atoms with Crippen molar-refractivity contribution in [2.45, 2.75) is 0 Å². The van der Waals surface area contributed by atoms with E-state index in [0.29, 0.717) is 0 Å². The highest BCUT2D eigenvalue weighted by Gasteiger charge is 2.20. The van der Waals surface area contributed by atoms with E-state index >= 15 is 0 Å². The number of rotatable bonds is 10. The summed E-state index contributed by atoms with van der Waals surface area (Å²) in [6, 6.07) is 73.7. The standard InChI is InChI=1S/C54H40N2/c1-3-39-27-37-53(51-21-13-11-19-49(39)51)55(45-29-23-43(24-30-45)41-15-7-5-8-16-41)47-33-35-48(36-34-47)56(46-31-25-44(26-32-46)42-17-9-6-10-18-42)54-38-28-40(4-2)50-20-12-14-22-52(50)54/h3-38H,1-2H2. The van der Waals surface area contributed by atoms with Crippen LogP contribution in [-0.4, -0.2) is 0 Å². The third kappa shape index (κ3) is 6.44. The van der Waals surface area contributed by atoms with Gasteiger partial charge in [-0.15, -0.1) is 0 Å². The smallest absolute Gasteiger partial charge is 0.0540 e. The highest BCUT2D eigenvalue weighted by atomic mass is 15.2. The Morgan fingerprint density at radius 1 is 0.268 bits per heavy atom. The van der Waals surface area contributed by atoms with Crippen LogP contribution in [0.3, 0.4) is 0 Å². The van der Waals surface area contributed by atoms with Crippen molar-refractivity contribution in [2.75, 3.05) is 9.80 Å². The first-order valence-corrected chi connectivity index (χ1v) is 19.0. The molecule has 266 valence electrons. The van der Waals surface area contributed by atoms with E-state index in [1.165, 1.54) is 33.0 Å². The van der Waals surface area contributed by atoms with Crippen LogP contribution >= 0.6 is 0 Å². The number of fused-ring (bicyclic) bond motifs is 2. The number of hydrogen-bond donors (Lipinski definition) is 0. The number of nitrogens with zero attached hydrogens (tertiary/aromatic N) is 2. The maximum Gasteiger partial charge on any atom is 0.0540 e. The Balaban J connectivity index is 1.19. The lowest BCUT2D eigenvalue weighted by Gasteiger charge is -2.30. The van der Waals surface area contributed by atoms with E-state index in [2.05, 4.69) is 229 Å². The van der Waals surface area contributed by atoms with Gasteiger partial charge in [-0.3, -0.25) is 0 Å². The van der Waals surface area contributed by atoms with Gasteiger partial charge in [0.1, 0.15) is 0 Å². The monoisotopic (exact) mass is 716 g/mol. The number of anilines is 6. The van der Waals surface area contributed by atoms with Crippen LogP contribution in [0.2, 0.25) is 0 Å². The molecule has 9 rings (SSSR count). The van der Waals surface area contributed by atoms with Crippen molar-refractivity contribution in [1.82, 2.24) is 0 Å². The minimum Gasteiger partial charge on any atom is -0.310 e. The van der Waals surface area contributed by atoms with Crippen molar-refractivity contribution >= 4 is 67.8 Å². The second-order valence-electron chi connectivity index (χ2n) is 13.9. The summed E-state index contributed by atoms with van der Waals surface area (Å²) in [5.41, 5.74) is 13.5. The first-order chi connectivity index (χ1) is 27.7. The minimum absolute atomic E-state index is 1.06. The van der Waals surface area contributed by atoms with Crippen LogP contribution in [-0.2, 0) is 0 Å². The molecular formula is C54H40N2. The molecule has 0 aliphatic carbocycles. The molecule has 0 unspecified atom stereocenters. The molecule has 2 nitrogen and oxygen atoms in total. The van der Waals surface area contributed by atoms with E-state index in [0.717, 1.165) is 56.0 Å². The second kappa shape index (κ2) is 15.1. The van der Waals surface area contributed by atoms with E-state index < -0.39 is 0 Å². The molecule has 0 atom stereocenters. The van der Waals surface area contributed by atoms with Gasteiger partial charge in [-0.25, -0.2) is 0 Å². The van der Waals surface area contributed by atoms with Crippen LogP contribution in [0.15, 0.2) is 219 Å². The number of hydrogen-bond acceptors (Lipinski definition) is 2. The zero-order chi connectivity index (χ0) is 37.8. The molecule has 0 aliphatic rings. The molecule has 0 fully saturated rings. The Morgan fingerprint density at radius 3 is 0.893 bits per heavy atom. The van der Waals surface area contributed by atoms with Crippen molar-refractivity contribution in [3.8, 4) is 22.3 Å². The average Bonchev–Trinajstić information content (AvgIpc) is 3.28. The molecule has 9 aromatic rings. The fourth-order valence-corrected chi connectivity index (χ4v) is 7.83. The van der Waals surface area contributed by atoms with E-state index in [1.807, 2.05) is 12.2 Å². The van der Waals surface area contributed by atoms with Gasteiger partial charge in [-0.2, -0.15) is 0 Å². The van der Waals surface area contributed by atoms with E-state index in [9.17, 15) is 0 Å². The summed E-state index contributed by atoms with van der Waals surface area (Å²) in [4.78, 5) is 4.72. The van der Waals surface area contributed by atoms with Crippen molar-refractivity contribution in [3.63, 3.8) is 0 Å². The highest BCUT2D eigenvalue weighted by molar-refractivity contribution is 6.04. The normalized spacial score (nSPS) is 11.0. The summed E-state index contributed by atoms with van der Waals surface area (Å²) in [5, 5.41) is 4.66. The first-order valence-electron chi connectivity index (χ1n) is 19.0. The summed E-state index contributed by atoms with van der Waals surface area (Å²) >= 11 is 0. The maximum absolute atomic E-state index is 4.11. The molecule has 0 amide bonds. The zero-order valence-corrected chi connectivity index (χ0v) is 31.1. The van der Waals surface area contributed by atoms with E-state index in [4.69, 9.17) is 0 Å². The Bertz CT molecular complexity index is 2610. The fourth-order valence-electron chi connectivity index (χ4n) is 7.83. The Morgan fingerprint density at radius 2 is 0.554 bits per heavy atom. The van der Waals surface area contributed by atoms with Crippen LogP contribution in [0.5, 0.6) is 0 Å². The Hall–Kier alpha value is -7.42. The SMILES string of the molecule is C=Cc1ccc(N(c2ccc(-c3ccccc3)cc2)c2ccc(N(c3ccc(-c4ccccc4)cc3)c3ccc(C=C)c4ccccc34)cc2)c2ccccc12. The van der Waals surface area contributed by atoms with Gasteiger partial charge >= 0.3 is 0 Å². The molecule has 0 N–H and O–H groups in total. The van der Waals surface area contributed by atoms with Gasteiger partial charge in [0.25, 0.3) is 0 Å². The van der Waals surface area contributed by atoms with Crippen molar-refractivity contribution in [2.24, 2.45) is 0 Å². The Labute approximate surface area is 329 Å². The molecular weight excluding hydrogens is 677 g/mol. The molecule has 56 heavy (non-hydrogen) atoms. The van der Waals surface area contributed by atoms with Gasteiger partial charge in [-0.05, 0) is 105 Å². The molecule has 9 aromatic carbocycles. The van der Waals surface area contributed by atoms with E-state index in [1.54, 1.807) is 0 Å². The molecule has 0 spiro atoms. The molecule has 0 saturated heterocycles. The molecule has 0 saturated carbocycles. The van der Waals surface area contributed by atoms with Gasteiger partial charge < -0.3 is 9.80 Å². The van der Waals surface area contributed by atoms with Crippen molar-refractivity contribution in [3.05, 3.63) is 231 Å². The fraction of sp³-hybridized carbons (Fsp3) is 0. The largest absolute Gasteiger partial charge is 0.310 e. The van der Waals surface area contributed by atoms with Crippen LogP contribution in [0.25, 0.3) is 56.0 Å². The lowest BCUT2D eigenvalue weighted by molar-refractivity contribution is 1.27. The van der Waals surface area contributed by atoms with Crippen LogP contribution in [0.4, 0.5) is 34.1 Å². The third-order valence-corrected chi connectivity index (χ3v) is 10.6. The van der Waals surface area contributed by atoms with Crippen LogP contribution in [0, 0.1) is 0 Å². The minimum atomic E-state index is 1.06. The lowest BCUT2D eigenvalue weighted by Crippen LogP contribution is -2.13. The quantitative estimate of drug-likeness (QED) is 0.139. The van der Waals surface area contributed by atoms with E-state index in [-0.39, 0.29) is 0 Å². The van der Waals surface area contributed by atoms with Crippen LogP contribution in [0.1, 0.15) is 11.1 Å². The second-order valence-corrected chi connectivity index (χ2v) is 13.9. The summed E-state index contributed by atoms with van der Waals surface area (Å²) in [6.07, 6.45) is 3.87. The highest BCUT2D eigenvalue weighted by Crippen LogP contribution is 2.44. The van der Waals surface area contributed by atoms with Crippen molar-refractivity contribution in [1.29, 1.82) is 0 Å². The molecule has 0 heterocycles. The summed E-state index contributed by atoms with van der Waals surface area (Å²) < 4.78 is 0. The van der Waals surface area contributed by atoms with Gasteiger partial charge in [0, 0.05) is 33.5 Å². The van der Waals surface area contributed by atoms with Gasteiger partial charge in [0.2, 0.25) is 0 Å². The molecule has 0 aliphatic heterocycles. The molecule has 2 heteroatoms. The van der Waals surface area contributed by atoms with Gasteiger partial charge in [0.05, 0.1) is 11.4 Å². The maximum atomic E-state index is 4.11. The first kappa shape index (κ1) is 34.4. The molecule has 0 radical (unpaired) electrons. The summed E-state index contributed by atoms with van der Waals surface area (Å²) in [6.45, 7) is 8.22. The molecule has 0 bridgehead atoms. The Kier molecular flexibility index (Phi) is 9.29. The predicted molar refractivity (Wildman–Crippen MR) is 242 cm³/mol. The molecule has 0 aromatic heterocycles. The van der Waals surface area contributed by atoms with Crippen LogP contribution < -0.4 is 9.80 Å². The average molecular weight is 717 g/mol. The summed E-state index contributed by atoms with van der Waals surface area (Å²) in [7, 11) is 0. The summed E-state index contributed by atoms with van der Waals surface area (Å²) in [5.74, 6) is 0. The predicted octanol–water partition coefficient (Wildman–Crippen LogP) is 15.6. The number of benzene rings is 9. The van der Waals surface area contributed by atoms with Crippen molar-refractivity contribution < 1.29 is 0 Å². The lowest BCUT2D eigenvalue weighted by atomic mass is 10.00. The third-order valence-electron chi connectivity index (χ3n) is 10.6.